The molecule has 0 spiro atoms. The summed E-state index contributed by atoms with van der Waals surface area (Å²) in [4.78, 5) is 24.8. The van der Waals surface area contributed by atoms with Crippen LogP contribution in [0.25, 0.3) is 0 Å². The zero-order valence-corrected chi connectivity index (χ0v) is 11.6. The topological polar surface area (TPSA) is 83.6 Å². The van der Waals surface area contributed by atoms with Crippen molar-refractivity contribution in [3.05, 3.63) is 35.4 Å². The van der Waals surface area contributed by atoms with E-state index in [4.69, 9.17) is 5.73 Å². The molecule has 0 atom stereocenters. The van der Waals surface area contributed by atoms with Crippen molar-refractivity contribution in [2.45, 2.75) is 26.3 Å². The number of hydrogen-bond donors (Lipinski definition) is 2. The highest BCUT2D eigenvalue weighted by Gasteiger charge is 2.36. The number of nitrogens with two attached hydrogens (primary N) is 1. The summed E-state index contributed by atoms with van der Waals surface area (Å²) in [6.45, 7) is 3.87. The maximum Gasteiger partial charge on any atom is 0.309 e. The minimum atomic E-state index is -0.727. The highest BCUT2D eigenvalue weighted by atomic mass is 16.4. The van der Waals surface area contributed by atoms with Gasteiger partial charge in [0.25, 0.3) is 0 Å². The number of rotatable bonds is 4. The van der Waals surface area contributed by atoms with E-state index in [9.17, 15) is 14.7 Å². The quantitative estimate of drug-likeness (QED) is 0.872. The molecular formula is C15H20N2O3. The molecule has 2 rings (SSSR count). The Morgan fingerprint density at radius 1 is 1.30 bits per heavy atom. The van der Waals surface area contributed by atoms with Gasteiger partial charge >= 0.3 is 5.97 Å². The summed E-state index contributed by atoms with van der Waals surface area (Å²) in [7, 11) is 0. The fourth-order valence-electron chi connectivity index (χ4n) is 2.56. The Morgan fingerprint density at radius 2 is 1.90 bits per heavy atom. The van der Waals surface area contributed by atoms with Crippen LogP contribution >= 0.6 is 0 Å². The first-order chi connectivity index (χ1) is 9.42. The second kappa shape index (κ2) is 5.63. The Kier molecular flexibility index (Phi) is 4.09. The summed E-state index contributed by atoms with van der Waals surface area (Å²) in [5.74, 6) is -1.15. The maximum absolute atomic E-state index is 11.4. The van der Waals surface area contributed by atoms with Crippen LogP contribution in [0.4, 0.5) is 0 Å². The number of carbonyl (C=O) groups excluding carboxylic acids is 1. The average molecular weight is 276 g/mol. The van der Waals surface area contributed by atoms with E-state index in [1.165, 1.54) is 0 Å². The Hall–Kier alpha value is -1.88. The number of likely N-dealkylation sites (tertiary alicyclic amines) is 1. The standard InChI is InChI=1S/C15H20N2O3/c1-15(14(19)20)6-8-17(9-7-15)10-11-4-2-3-5-12(11)13(16)18/h2-5H,6-10H2,1H3,(H2,16,18)(H,19,20). The number of nitrogens with zero attached hydrogens (tertiary/aromatic N) is 1. The molecule has 1 aromatic carbocycles. The average Bonchev–Trinajstić information content (AvgIpc) is 2.42. The highest BCUT2D eigenvalue weighted by Crippen LogP contribution is 2.31. The molecule has 5 heteroatoms. The molecule has 1 aliphatic rings. The molecule has 0 unspecified atom stereocenters. The zero-order valence-electron chi connectivity index (χ0n) is 11.6. The van der Waals surface area contributed by atoms with Crippen LogP contribution in [0.3, 0.4) is 0 Å². The van der Waals surface area contributed by atoms with Gasteiger partial charge in [-0.3, -0.25) is 14.5 Å². The molecule has 0 aromatic heterocycles. The molecule has 0 bridgehead atoms. The van der Waals surface area contributed by atoms with Crippen molar-refractivity contribution >= 4 is 11.9 Å². The summed E-state index contributed by atoms with van der Waals surface area (Å²) in [5.41, 5.74) is 6.18. The molecule has 1 aromatic rings. The van der Waals surface area contributed by atoms with Crippen LogP contribution in [-0.2, 0) is 11.3 Å². The van der Waals surface area contributed by atoms with E-state index in [-0.39, 0.29) is 0 Å². The molecule has 3 N–H and O–H groups in total. The summed E-state index contributed by atoms with van der Waals surface area (Å²) in [5, 5.41) is 9.21. The lowest BCUT2D eigenvalue weighted by Gasteiger charge is -2.36. The molecule has 0 aliphatic carbocycles. The largest absolute Gasteiger partial charge is 0.481 e. The molecule has 1 heterocycles. The van der Waals surface area contributed by atoms with E-state index >= 15 is 0 Å². The van der Waals surface area contributed by atoms with Gasteiger partial charge in [-0.2, -0.15) is 0 Å². The lowest BCUT2D eigenvalue weighted by molar-refractivity contribution is -0.150. The van der Waals surface area contributed by atoms with Gasteiger partial charge in [0.05, 0.1) is 5.41 Å². The lowest BCUT2D eigenvalue weighted by Crippen LogP contribution is -2.42. The predicted molar refractivity (Wildman–Crippen MR) is 75.2 cm³/mol. The third-order valence-corrected chi connectivity index (χ3v) is 4.15. The van der Waals surface area contributed by atoms with Crippen LogP contribution in [0.1, 0.15) is 35.7 Å². The van der Waals surface area contributed by atoms with Crippen LogP contribution in [0.5, 0.6) is 0 Å². The molecule has 1 amide bonds. The molecular weight excluding hydrogens is 256 g/mol. The van der Waals surface area contributed by atoms with Gasteiger partial charge in [-0.05, 0) is 44.5 Å². The minimum absolute atomic E-state index is 0.423. The molecule has 108 valence electrons. The van der Waals surface area contributed by atoms with Gasteiger partial charge in [0, 0.05) is 12.1 Å². The van der Waals surface area contributed by atoms with Gasteiger partial charge in [0.2, 0.25) is 5.91 Å². The summed E-state index contributed by atoms with van der Waals surface area (Å²) >= 11 is 0. The third-order valence-electron chi connectivity index (χ3n) is 4.15. The second-order valence-electron chi connectivity index (χ2n) is 5.66. The first kappa shape index (κ1) is 14.5. The van der Waals surface area contributed by atoms with Crippen molar-refractivity contribution in [1.82, 2.24) is 4.90 Å². The fourth-order valence-corrected chi connectivity index (χ4v) is 2.56. The van der Waals surface area contributed by atoms with Crippen LogP contribution in [0.15, 0.2) is 24.3 Å². The van der Waals surface area contributed by atoms with Crippen LogP contribution in [-0.4, -0.2) is 35.0 Å². The monoisotopic (exact) mass is 276 g/mol. The fraction of sp³-hybridized carbons (Fsp3) is 0.467. The Labute approximate surface area is 118 Å². The molecule has 0 saturated carbocycles. The molecule has 5 nitrogen and oxygen atoms in total. The van der Waals surface area contributed by atoms with E-state index in [2.05, 4.69) is 4.90 Å². The smallest absolute Gasteiger partial charge is 0.309 e. The van der Waals surface area contributed by atoms with E-state index in [0.29, 0.717) is 24.9 Å². The van der Waals surface area contributed by atoms with Gasteiger partial charge in [0.1, 0.15) is 0 Å². The SMILES string of the molecule is CC1(C(=O)O)CCN(Cc2ccccc2C(N)=O)CC1. The molecule has 1 aliphatic heterocycles. The van der Waals surface area contributed by atoms with E-state index in [0.717, 1.165) is 18.7 Å². The van der Waals surface area contributed by atoms with Crippen LogP contribution in [0, 0.1) is 5.41 Å². The van der Waals surface area contributed by atoms with Crippen molar-refractivity contribution in [1.29, 1.82) is 0 Å². The number of piperidine rings is 1. The lowest BCUT2D eigenvalue weighted by atomic mass is 9.80. The van der Waals surface area contributed by atoms with Gasteiger partial charge in [-0.1, -0.05) is 18.2 Å². The first-order valence-electron chi connectivity index (χ1n) is 6.76. The molecule has 20 heavy (non-hydrogen) atoms. The van der Waals surface area contributed by atoms with Gasteiger partial charge < -0.3 is 10.8 Å². The Balaban J connectivity index is 2.03. The van der Waals surface area contributed by atoms with Crippen LogP contribution in [0.2, 0.25) is 0 Å². The first-order valence-corrected chi connectivity index (χ1v) is 6.76. The van der Waals surface area contributed by atoms with Crippen molar-refractivity contribution in [3.8, 4) is 0 Å². The maximum atomic E-state index is 11.4. The number of hydrogen-bond acceptors (Lipinski definition) is 3. The van der Waals surface area contributed by atoms with E-state index < -0.39 is 17.3 Å². The predicted octanol–water partition coefficient (Wildman–Crippen LogP) is 1.47. The van der Waals surface area contributed by atoms with Crippen LogP contribution < -0.4 is 5.73 Å². The Bertz CT molecular complexity index is 520. The number of carboxylic acids is 1. The molecule has 1 saturated heterocycles. The normalized spacial score (nSPS) is 18.6. The second-order valence-corrected chi connectivity index (χ2v) is 5.66. The summed E-state index contributed by atoms with van der Waals surface area (Å²) in [6, 6.07) is 7.29. The highest BCUT2D eigenvalue weighted by molar-refractivity contribution is 5.94. The van der Waals surface area contributed by atoms with Crippen molar-refractivity contribution in [2.24, 2.45) is 11.1 Å². The number of carboxylic acid groups (broad SMARTS) is 1. The van der Waals surface area contributed by atoms with Gasteiger partial charge in [-0.15, -0.1) is 0 Å². The van der Waals surface area contributed by atoms with E-state index in [1.54, 1.807) is 19.1 Å². The van der Waals surface area contributed by atoms with Gasteiger partial charge in [-0.25, -0.2) is 0 Å². The number of carbonyl (C=O) groups is 2. The molecule has 1 fully saturated rings. The van der Waals surface area contributed by atoms with Crippen molar-refractivity contribution in [3.63, 3.8) is 0 Å². The number of primary amides is 1. The minimum Gasteiger partial charge on any atom is -0.481 e. The zero-order chi connectivity index (χ0) is 14.8. The summed E-state index contributed by atoms with van der Waals surface area (Å²) in [6.07, 6.45) is 1.25. The number of benzene rings is 1. The van der Waals surface area contributed by atoms with Crippen molar-refractivity contribution < 1.29 is 14.7 Å². The molecule has 0 radical (unpaired) electrons. The third kappa shape index (κ3) is 2.99. The van der Waals surface area contributed by atoms with Crippen molar-refractivity contribution in [2.75, 3.05) is 13.1 Å². The Morgan fingerprint density at radius 3 is 2.45 bits per heavy atom. The van der Waals surface area contributed by atoms with Gasteiger partial charge in [0.15, 0.2) is 0 Å². The van der Waals surface area contributed by atoms with E-state index in [1.807, 2.05) is 12.1 Å². The number of amides is 1. The number of aliphatic carboxylic acids is 1. The summed E-state index contributed by atoms with van der Waals surface area (Å²) < 4.78 is 0.